The standard InChI is InChI=1S/C17H21NO3S/c1-3-15-6-10-17(11-7-15)21-12-13-22(19,20)18-16-8-4-14(2)5-9-16/h4-11,18H,3,12-13H2,1-2H3. The minimum Gasteiger partial charge on any atom is -0.492 e. The second-order valence-corrected chi connectivity index (χ2v) is 6.97. The van der Waals surface area contributed by atoms with Crippen molar-refractivity contribution in [2.24, 2.45) is 0 Å². The van der Waals surface area contributed by atoms with Crippen LogP contribution in [0, 0.1) is 6.92 Å². The van der Waals surface area contributed by atoms with Gasteiger partial charge in [0.15, 0.2) is 0 Å². The highest BCUT2D eigenvalue weighted by atomic mass is 32.2. The summed E-state index contributed by atoms with van der Waals surface area (Å²) in [5.74, 6) is 0.596. The third kappa shape index (κ3) is 5.07. The summed E-state index contributed by atoms with van der Waals surface area (Å²) in [5.41, 5.74) is 2.88. The predicted molar refractivity (Wildman–Crippen MR) is 89.9 cm³/mol. The van der Waals surface area contributed by atoms with Crippen LogP contribution in [0.2, 0.25) is 0 Å². The van der Waals surface area contributed by atoms with Crippen LogP contribution in [-0.2, 0) is 16.4 Å². The fourth-order valence-electron chi connectivity index (χ4n) is 1.94. The van der Waals surface area contributed by atoms with Crippen LogP contribution in [0.5, 0.6) is 5.75 Å². The molecule has 2 aromatic carbocycles. The molecule has 0 spiro atoms. The van der Waals surface area contributed by atoms with Gasteiger partial charge in [-0.15, -0.1) is 0 Å². The molecular formula is C17H21NO3S. The number of aryl methyl sites for hydroxylation is 2. The van der Waals surface area contributed by atoms with E-state index in [0.717, 1.165) is 12.0 Å². The van der Waals surface area contributed by atoms with E-state index in [4.69, 9.17) is 4.74 Å². The molecule has 0 atom stereocenters. The molecule has 0 saturated carbocycles. The minimum absolute atomic E-state index is 0.0869. The summed E-state index contributed by atoms with van der Waals surface area (Å²) < 4.78 is 32.0. The van der Waals surface area contributed by atoms with Crippen molar-refractivity contribution in [3.63, 3.8) is 0 Å². The average molecular weight is 319 g/mol. The Balaban J connectivity index is 1.85. The first kappa shape index (κ1) is 16.4. The van der Waals surface area contributed by atoms with Gasteiger partial charge in [0.05, 0.1) is 0 Å². The second-order valence-electron chi connectivity index (χ2n) is 5.13. The fourth-order valence-corrected chi connectivity index (χ4v) is 2.84. The van der Waals surface area contributed by atoms with Gasteiger partial charge in [-0.3, -0.25) is 4.72 Å². The number of anilines is 1. The molecule has 0 amide bonds. The lowest BCUT2D eigenvalue weighted by Gasteiger charge is -2.10. The maximum absolute atomic E-state index is 12.0. The van der Waals surface area contributed by atoms with Gasteiger partial charge >= 0.3 is 0 Å². The van der Waals surface area contributed by atoms with Crippen LogP contribution in [0.3, 0.4) is 0 Å². The average Bonchev–Trinajstić information content (AvgIpc) is 2.50. The van der Waals surface area contributed by atoms with E-state index in [1.165, 1.54) is 5.56 Å². The summed E-state index contributed by atoms with van der Waals surface area (Å²) in [7, 11) is -3.41. The second kappa shape index (κ2) is 7.31. The lowest BCUT2D eigenvalue weighted by Crippen LogP contribution is -2.21. The summed E-state index contributed by atoms with van der Waals surface area (Å²) >= 11 is 0. The molecule has 2 rings (SSSR count). The number of hydrogen-bond acceptors (Lipinski definition) is 3. The molecule has 118 valence electrons. The number of nitrogens with one attached hydrogen (secondary N) is 1. The molecule has 2 aromatic rings. The zero-order valence-corrected chi connectivity index (χ0v) is 13.7. The van der Waals surface area contributed by atoms with E-state index >= 15 is 0 Å². The van der Waals surface area contributed by atoms with E-state index in [0.29, 0.717) is 11.4 Å². The van der Waals surface area contributed by atoms with Gasteiger partial charge < -0.3 is 4.74 Å². The Labute approximate surface area is 132 Å². The first-order chi connectivity index (χ1) is 10.5. The number of benzene rings is 2. The molecule has 0 aliphatic carbocycles. The first-order valence-electron chi connectivity index (χ1n) is 7.27. The molecule has 4 nitrogen and oxygen atoms in total. The van der Waals surface area contributed by atoms with Crippen molar-refractivity contribution < 1.29 is 13.2 Å². The van der Waals surface area contributed by atoms with Crippen LogP contribution >= 0.6 is 0 Å². The number of sulfonamides is 1. The van der Waals surface area contributed by atoms with E-state index < -0.39 is 10.0 Å². The SMILES string of the molecule is CCc1ccc(OCCS(=O)(=O)Nc2ccc(C)cc2)cc1. The highest BCUT2D eigenvalue weighted by molar-refractivity contribution is 7.92. The predicted octanol–water partition coefficient (Wildman–Crippen LogP) is 3.38. The van der Waals surface area contributed by atoms with E-state index in [-0.39, 0.29) is 12.4 Å². The fraction of sp³-hybridized carbons (Fsp3) is 0.294. The Morgan fingerprint density at radius 2 is 1.64 bits per heavy atom. The summed E-state index contributed by atoms with van der Waals surface area (Å²) in [6, 6.07) is 14.9. The van der Waals surface area contributed by atoms with Crippen molar-refractivity contribution in [3.05, 3.63) is 59.7 Å². The zero-order valence-electron chi connectivity index (χ0n) is 12.9. The van der Waals surface area contributed by atoms with Crippen LogP contribution in [-0.4, -0.2) is 20.8 Å². The Morgan fingerprint density at radius 1 is 1.00 bits per heavy atom. The number of rotatable bonds is 7. The summed E-state index contributed by atoms with van der Waals surface area (Å²) in [6.07, 6.45) is 0.967. The van der Waals surface area contributed by atoms with Crippen LogP contribution in [0.1, 0.15) is 18.1 Å². The normalized spacial score (nSPS) is 11.2. The van der Waals surface area contributed by atoms with E-state index in [1.54, 1.807) is 12.1 Å². The van der Waals surface area contributed by atoms with Crippen molar-refractivity contribution in [1.82, 2.24) is 0 Å². The number of ether oxygens (including phenoxy) is 1. The Bertz CT molecular complexity index is 692. The maximum Gasteiger partial charge on any atom is 0.236 e. The Morgan fingerprint density at radius 3 is 2.23 bits per heavy atom. The van der Waals surface area contributed by atoms with E-state index in [1.807, 2.05) is 43.3 Å². The smallest absolute Gasteiger partial charge is 0.236 e. The zero-order chi connectivity index (χ0) is 16.0. The van der Waals surface area contributed by atoms with Crippen LogP contribution in [0.25, 0.3) is 0 Å². The van der Waals surface area contributed by atoms with Gasteiger partial charge in [0.1, 0.15) is 18.1 Å². The molecular weight excluding hydrogens is 298 g/mol. The molecule has 0 heterocycles. The summed E-state index contributed by atoms with van der Waals surface area (Å²) in [4.78, 5) is 0. The molecule has 0 fully saturated rings. The van der Waals surface area contributed by atoms with Gasteiger partial charge in [-0.05, 0) is 43.2 Å². The van der Waals surface area contributed by atoms with Gasteiger partial charge in [-0.2, -0.15) is 0 Å². The molecule has 0 bridgehead atoms. The van der Waals surface area contributed by atoms with Gasteiger partial charge in [0, 0.05) is 5.69 Å². The molecule has 0 saturated heterocycles. The largest absolute Gasteiger partial charge is 0.492 e. The minimum atomic E-state index is -3.41. The van der Waals surface area contributed by atoms with Gasteiger partial charge in [-0.25, -0.2) is 8.42 Å². The molecule has 5 heteroatoms. The van der Waals surface area contributed by atoms with Gasteiger partial charge in [0.25, 0.3) is 0 Å². The third-order valence-corrected chi connectivity index (χ3v) is 4.53. The maximum atomic E-state index is 12.0. The van der Waals surface area contributed by atoms with Crippen LogP contribution < -0.4 is 9.46 Å². The van der Waals surface area contributed by atoms with Gasteiger partial charge in [0.2, 0.25) is 10.0 Å². The van der Waals surface area contributed by atoms with E-state index in [2.05, 4.69) is 11.6 Å². The Hall–Kier alpha value is -2.01. The lowest BCUT2D eigenvalue weighted by molar-refractivity contribution is 0.341. The monoisotopic (exact) mass is 319 g/mol. The molecule has 0 aromatic heterocycles. The molecule has 0 unspecified atom stereocenters. The number of hydrogen-bond donors (Lipinski definition) is 1. The quantitative estimate of drug-likeness (QED) is 0.851. The summed E-state index contributed by atoms with van der Waals surface area (Å²) in [6.45, 7) is 4.15. The van der Waals surface area contributed by atoms with Crippen molar-refractivity contribution >= 4 is 15.7 Å². The van der Waals surface area contributed by atoms with Gasteiger partial charge in [-0.1, -0.05) is 36.8 Å². The Kier molecular flexibility index (Phi) is 5.44. The summed E-state index contributed by atoms with van der Waals surface area (Å²) in [5, 5.41) is 0. The molecule has 0 aliphatic heterocycles. The van der Waals surface area contributed by atoms with Crippen LogP contribution in [0.15, 0.2) is 48.5 Å². The lowest BCUT2D eigenvalue weighted by atomic mass is 10.2. The molecule has 0 radical (unpaired) electrons. The third-order valence-electron chi connectivity index (χ3n) is 3.28. The highest BCUT2D eigenvalue weighted by Crippen LogP contribution is 2.13. The van der Waals surface area contributed by atoms with Crippen LogP contribution in [0.4, 0.5) is 5.69 Å². The molecule has 22 heavy (non-hydrogen) atoms. The van der Waals surface area contributed by atoms with Crippen molar-refractivity contribution in [2.45, 2.75) is 20.3 Å². The van der Waals surface area contributed by atoms with Crippen molar-refractivity contribution in [3.8, 4) is 5.75 Å². The molecule has 1 N–H and O–H groups in total. The van der Waals surface area contributed by atoms with E-state index in [9.17, 15) is 8.42 Å². The first-order valence-corrected chi connectivity index (χ1v) is 8.92. The molecule has 0 aliphatic rings. The topological polar surface area (TPSA) is 55.4 Å². The van der Waals surface area contributed by atoms with Crippen molar-refractivity contribution in [2.75, 3.05) is 17.1 Å². The highest BCUT2D eigenvalue weighted by Gasteiger charge is 2.10. The van der Waals surface area contributed by atoms with Crippen molar-refractivity contribution in [1.29, 1.82) is 0 Å².